The molecule has 2 aromatic heterocycles. The van der Waals surface area contributed by atoms with Crippen LogP contribution in [0.1, 0.15) is 54.4 Å². The van der Waals surface area contributed by atoms with Crippen LogP contribution >= 0.6 is 27.5 Å². The first-order valence-corrected chi connectivity index (χ1v) is 15.0. The normalized spacial score (nSPS) is 13.9. The number of ether oxygens (including phenoxy) is 1. The Kier molecular flexibility index (Phi) is 9.34. The van der Waals surface area contributed by atoms with Crippen molar-refractivity contribution >= 4 is 56.1 Å². The number of aromatic amines is 1. The van der Waals surface area contributed by atoms with Gasteiger partial charge in [0, 0.05) is 48.7 Å². The van der Waals surface area contributed by atoms with Crippen molar-refractivity contribution in [3.63, 3.8) is 0 Å². The molecule has 1 amide bonds. The predicted molar refractivity (Wildman–Crippen MR) is 161 cm³/mol. The van der Waals surface area contributed by atoms with E-state index in [9.17, 15) is 9.59 Å². The summed E-state index contributed by atoms with van der Waals surface area (Å²) < 4.78 is 5.85. The van der Waals surface area contributed by atoms with E-state index in [1.54, 1.807) is 24.4 Å². The molecule has 0 aliphatic carbocycles. The number of para-hydroxylation sites is 1. The highest BCUT2D eigenvalue weighted by Gasteiger charge is 2.25. The zero-order chi connectivity index (χ0) is 27.9. The number of carbonyl (C=O) groups excluding carboxylic acids is 2. The molecule has 1 aliphatic heterocycles. The van der Waals surface area contributed by atoms with E-state index in [0.29, 0.717) is 64.0 Å². The third kappa shape index (κ3) is 6.64. The molecule has 3 heterocycles. The molecular weight excluding hydrogens is 594 g/mol. The van der Waals surface area contributed by atoms with E-state index in [0.717, 1.165) is 37.4 Å². The van der Waals surface area contributed by atoms with Gasteiger partial charge in [-0.3, -0.25) is 9.59 Å². The smallest absolute Gasteiger partial charge is 0.222 e. The van der Waals surface area contributed by atoms with Crippen LogP contribution in [0.4, 0.5) is 5.82 Å². The van der Waals surface area contributed by atoms with Gasteiger partial charge in [0.25, 0.3) is 0 Å². The number of likely N-dealkylation sites (tertiary alicyclic amines) is 1. The number of nitrogens with zero attached hydrogens (tertiary/aromatic N) is 3. The van der Waals surface area contributed by atoms with Crippen molar-refractivity contribution in [2.24, 2.45) is 0 Å². The van der Waals surface area contributed by atoms with Crippen molar-refractivity contribution < 1.29 is 14.3 Å². The van der Waals surface area contributed by atoms with E-state index in [1.165, 1.54) is 6.33 Å². The summed E-state index contributed by atoms with van der Waals surface area (Å²) >= 11 is 9.99. The summed E-state index contributed by atoms with van der Waals surface area (Å²) in [4.78, 5) is 40.1. The molecule has 4 aromatic rings. The summed E-state index contributed by atoms with van der Waals surface area (Å²) in [5.74, 6) is 1.81. The molecule has 1 aliphatic rings. The lowest BCUT2D eigenvalue weighted by Crippen LogP contribution is -2.42. The van der Waals surface area contributed by atoms with Crippen molar-refractivity contribution in [2.45, 2.75) is 44.6 Å². The number of H-pyrrole nitrogens is 1. The van der Waals surface area contributed by atoms with Gasteiger partial charge >= 0.3 is 0 Å². The molecule has 2 N–H and O–H groups in total. The molecule has 10 heteroatoms. The number of hydrogen-bond donors (Lipinski definition) is 2. The molecule has 0 unspecified atom stereocenters. The van der Waals surface area contributed by atoms with E-state index in [-0.39, 0.29) is 17.7 Å². The van der Waals surface area contributed by atoms with Gasteiger partial charge in [-0.15, -0.1) is 0 Å². The fourth-order valence-electron chi connectivity index (χ4n) is 4.94. The first-order chi connectivity index (χ1) is 19.5. The standard InChI is InChI=1S/C30H31BrClN5O3/c31-14-6-2-5-9-26(38)37-15-12-20(13-16-37)36-30-27-24(18-33-29(27)34-19-35-30)28(39)23-11-10-22(17-25(23)32)40-21-7-3-1-4-8-21/h1,3-4,7-8,10-11,17-20H,2,5-6,9,12-16H2,(H2,33,34,35,36). The second-order valence-corrected chi connectivity index (χ2v) is 11.0. The molecule has 208 valence electrons. The maximum Gasteiger partial charge on any atom is 0.222 e. The number of halogens is 2. The summed E-state index contributed by atoms with van der Waals surface area (Å²) in [6.07, 6.45) is 8.43. The summed E-state index contributed by atoms with van der Waals surface area (Å²) in [6, 6.07) is 14.6. The van der Waals surface area contributed by atoms with Crippen molar-refractivity contribution in [2.75, 3.05) is 23.7 Å². The second-order valence-electron chi connectivity index (χ2n) is 9.83. The monoisotopic (exact) mass is 623 g/mol. The molecule has 2 aromatic carbocycles. The maximum atomic E-state index is 13.6. The number of rotatable bonds is 11. The van der Waals surface area contributed by atoms with Crippen LogP contribution in [0.25, 0.3) is 11.0 Å². The number of hydrogen-bond acceptors (Lipinski definition) is 6. The third-order valence-electron chi connectivity index (χ3n) is 7.09. The van der Waals surface area contributed by atoms with Gasteiger partial charge in [-0.05, 0) is 49.9 Å². The van der Waals surface area contributed by atoms with Gasteiger partial charge in [-0.25, -0.2) is 9.97 Å². The molecule has 1 fully saturated rings. The number of carbonyl (C=O) groups is 2. The highest BCUT2D eigenvalue weighted by Crippen LogP contribution is 2.32. The highest BCUT2D eigenvalue weighted by molar-refractivity contribution is 9.09. The minimum absolute atomic E-state index is 0.131. The van der Waals surface area contributed by atoms with Gasteiger partial charge in [-0.2, -0.15) is 0 Å². The fourth-order valence-corrected chi connectivity index (χ4v) is 5.59. The average molecular weight is 625 g/mol. The van der Waals surface area contributed by atoms with Gasteiger partial charge < -0.3 is 19.9 Å². The first kappa shape index (κ1) is 28.1. The molecule has 0 saturated carbocycles. The molecule has 1 saturated heterocycles. The lowest BCUT2D eigenvalue weighted by molar-refractivity contribution is -0.132. The van der Waals surface area contributed by atoms with Crippen molar-refractivity contribution in [1.29, 1.82) is 0 Å². The molecule has 8 nitrogen and oxygen atoms in total. The summed E-state index contributed by atoms with van der Waals surface area (Å²) in [5, 5.41) is 5.40. The Balaban J connectivity index is 1.27. The number of benzene rings is 2. The number of anilines is 1. The van der Waals surface area contributed by atoms with E-state index >= 15 is 0 Å². The minimum atomic E-state index is -0.235. The fraction of sp³-hybridized carbons (Fsp3) is 0.333. The Morgan fingerprint density at radius 3 is 2.58 bits per heavy atom. The van der Waals surface area contributed by atoms with Crippen molar-refractivity contribution in [3.8, 4) is 11.5 Å². The molecule has 0 atom stereocenters. The van der Waals surface area contributed by atoms with Crippen LogP contribution in [0.3, 0.4) is 0 Å². The molecule has 0 spiro atoms. The first-order valence-electron chi connectivity index (χ1n) is 13.5. The Bertz CT molecular complexity index is 1470. The number of piperidine rings is 1. The van der Waals surface area contributed by atoms with Crippen LogP contribution in [-0.2, 0) is 4.79 Å². The number of ketones is 1. The summed E-state index contributed by atoms with van der Waals surface area (Å²) in [5.41, 5.74) is 1.37. The molecule has 0 radical (unpaired) electrons. The van der Waals surface area contributed by atoms with Crippen molar-refractivity contribution in [3.05, 3.63) is 77.2 Å². The topological polar surface area (TPSA) is 100 Å². The zero-order valence-electron chi connectivity index (χ0n) is 22.0. The predicted octanol–water partition coefficient (Wildman–Crippen LogP) is 6.99. The number of alkyl halides is 1. The van der Waals surface area contributed by atoms with E-state index in [1.807, 2.05) is 35.2 Å². The van der Waals surface area contributed by atoms with Gasteiger partial charge in [0.05, 0.1) is 16.0 Å². The highest BCUT2D eigenvalue weighted by atomic mass is 79.9. The largest absolute Gasteiger partial charge is 0.457 e. The van der Waals surface area contributed by atoms with Crippen LogP contribution in [-0.4, -0.2) is 56.0 Å². The molecule has 5 rings (SSSR count). The van der Waals surface area contributed by atoms with Gasteiger partial charge in [0.2, 0.25) is 5.91 Å². The van der Waals surface area contributed by atoms with Crippen LogP contribution < -0.4 is 10.1 Å². The van der Waals surface area contributed by atoms with Crippen LogP contribution in [0.15, 0.2) is 61.1 Å². The number of fused-ring (bicyclic) bond motifs is 1. The Hall–Kier alpha value is -3.43. The van der Waals surface area contributed by atoms with E-state index in [2.05, 4.69) is 36.2 Å². The summed E-state index contributed by atoms with van der Waals surface area (Å²) in [6.45, 7) is 1.41. The number of nitrogens with one attached hydrogen (secondary N) is 2. The Morgan fingerprint density at radius 2 is 1.82 bits per heavy atom. The number of aromatic nitrogens is 3. The number of unbranched alkanes of at least 4 members (excludes halogenated alkanes) is 2. The number of amides is 1. The quantitative estimate of drug-likeness (QED) is 0.106. The van der Waals surface area contributed by atoms with Crippen LogP contribution in [0, 0.1) is 0 Å². The molecule has 40 heavy (non-hydrogen) atoms. The molecule has 0 bridgehead atoms. The lowest BCUT2D eigenvalue weighted by Gasteiger charge is -2.33. The Morgan fingerprint density at radius 1 is 1.02 bits per heavy atom. The second kappa shape index (κ2) is 13.3. The van der Waals surface area contributed by atoms with Crippen LogP contribution in [0.5, 0.6) is 11.5 Å². The Labute approximate surface area is 246 Å². The zero-order valence-corrected chi connectivity index (χ0v) is 24.4. The lowest BCUT2D eigenvalue weighted by atomic mass is 10.0. The summed E-state index contributed by atoms with van der Waals surface area (Å²) in [7, 11) is 0. The van der Waals surface area contributed by atoms with Gasteiger partial charge in [-0.1, -0.05) is 52.2 Å². The van der Waals surface area contributed by atoms with E-state index in [4.69, 9.17) is 16.3 Å². The maximum absolute atomic E-state index is 13.6. The third-order valence-corrected chi connectivity index (χ3v) is 7.96. The van der Waals surface area contributed by atoms with Gasteiger partial charge in [0.1, 0.15) is 29.3 Å². The minimum Gasteiger partial charge on any atom is -0.457 e. The SMILES string of the molecule is O=C(c1ccc(Oc2ccccc2)cc1Cl)c1c[nH]c2ncnc(NC3CCN(C(=O)CCCCCBr)CC3)c12. The van der Waals surface area contributed by atoms with Crippen LogP contribution in [0.2, 0.25) is 5.02 Å². The average Bonchev–Trinajstić information content (AvgIpc) is 3.41. The van der Waals surface area contributed by atoms with Crippen molar-refractivity contribution in [1.82, 2.24) is 19.9 Å². The van der Waals surface area contributed by atoms with Gasteiger partial charge in [0.15, 0.2) is 5.78 Å². The molecular formula is C30H31BrClN5O3. The van der Waals surface area contributed by atoms with E-state index < -0.39 is 0 Å².